The first kappa shape index (κ1) is 12.6. The number of thiophene rings is 1. The van der Waals surface area contributed by atoms with Crippen molar-refractivity contribution in [3.8, 4) is 0 Å². The lowest BCUT2D eigenvalue weighted by molar-refractivity contribution is 0.194. The first-order valence-electron chi connectivity index (χ1n) is 6.63. The molecule has 19 heavy (non-hydrogen) atoms. The van der Waals surface area contributed by atoms with Crippen molar-refractivity contribution < 1.29 is 5.11 Å². The number of aromatic nitrogens is 1. The molecule has 0 bridgehead atoms. The van der Waals surface area contributed by atoms with Gasteiger partial charge in [-0.3, -0.25) is 4.98 Å². The Hall–Kier alpha value is -1.39. The summed E-state index contributed by atoms with van der Waals surface area (Å²) in [7, 11) is 0. The van der Waals surface area contributed by atoms with Gasteiger partial charge in [0.1, 0.15) is 0 Å². The Morgan fingerprint density at radius 1 is 1.42 bits per heavy atom. The number of hydrogen-bond acceptors (Lipinski definition) is 4. The van der Waals surface area contributed by atoms with Crippen LogP contribution in [-0.4, -0.2) is 16.6 Å². The van der Waals surface area contributed by atoms with Gasteiger partial charge in [-0.05, 0) is 49.4 Å². The summed E-state index contributed by atoms with van der Waals surface area (Å²) in [5.41, 5.74) is 3.30. The summed E-state index contributed by atoms with van der Waals surface area (Å²) in [6, 6.07) is 6.60. The highest BCUT2D eigenvalue weighted by Gasteiger charge is 2.25. The molecule has 0 saturated heterocycles. The highest BCUT2D eigenvalue weighted by atomic mass is 32.1. The van der Waals surface area contributed by atoms with Crippen molar-refractivity contribution in [1.82, 2.24) is 4.98 Å². The maximum atomic E-state index is 9.50. The third kappa shape index (κ3) is 2.26. The zero-order valence-electron chi connectivity index (χ0n) is 11.2. The number of nitrogens with zero attached hydrogens (tertiary/aromatic N) is 2. The fourth-order valence-corrected chi connectivity index (χ4v) is 3.64. The molecular weight excluding hydrogens is 256 g/mol. The average molecular weight is 274 g/mol. The van der Waals surface area contributed by atoms with Crippen LogP contribution in [0.5, 0.6) is 0 Å². The summed E-state index contributed by atoms with van der Waals surface area (Å²) in [6.07, 6.45) is 2.47. The molecule has 100 valence electrons. The molecule has 0 spiro atoms. The number of pyridine rings is 1. The summed E-state index contributed by atoms with van der Waals surface area (Å²) < 4.78 is 0. The van der Waals surface area contributed by atoms with E-state index in [-0.39, 0.29) is 0 Å². The largest absolute Gasteiger partial charge is 0.387 e. The molecule has 0 aliphatic carbocycles. The first-order valence-corrected chi connectivity index (χ1v) is 7.51. The molecule has 0 saturated carbocycles. The molecule has 0 aromatic carbocycles. The molecule has 0 amide bonds. The van der Waals surface area contributed by atoms with Crippen LogP contribution in [0, 0.1) is 0 Å². The normalized spacial score (nSPS) is 20.2. The highest BCUT2D eigenvalue weighted by Crippen LogP contribution is 2.35. The molecule has 3 heterocycles. The zero-order valence-corrected chi connectivity index (χ0v) is 12.0. The third-order valence-electron chi connectivity index (χ3n) is 3.81. The summed E-state index contributed by atoms with van der Waals surface area (Å²) in [5, 5.41) is 11.7. The minimum Gasteiger partial charge on any atom is -0.387 e. The Morgan fingerprint density at radius 2 is 2.26 bits per heavy atom. The van der Waals surface area contributed by atoms with Crippen molar-refractivity contribution in [2.24, 2.45) is 0 Å². The Kier molecular flexibility index (Phi) is 3.29. The van der Waals surface area contributed by atoms with Crippen LogP contribution < -0.4 is 4.90 Å². The number of aliphatic hydroxyl groups excluding tert-OH is 1. The number of fused-ring (bicyclic) bond motifs is 1. The van der Waals surface area contributed by atoms with Gasteiger partial charge in [-0.1, -0.05) is 0 Å². The van der Waals surface area contributed by atoms with E-state index in [9.17, 15) is 5.11 Å². The second-order valence-electron chi connectivity index (χ2n) is 5.04. The van der Waals surface area contributed by atoms with E-state index in [0.717, 1.165) is 24.3 Å². The van der Waals surface area contributed by atoms with E-state index in [1.54, 1.807) is 6.92 Å². The number of anilines is 1. The first-order chi connectivity index (χ1) is 9.16. The van der Waals surface area contributed by atoms with E-state index in [1.807, 2.05) is 23.6 Å². The van der Waals surface area contributed by atoms with E-state index in [1.165, 1.54) is 10.4 Å². The average Bonchev–Trinajstić information content (AvgIpc) is 2.88. The van der Waals surface area contributed by atoms with Crippen LogP contribution >= 0.6 is 11.3 Å². The SMILES string of the molecule is CC1c2ccsc2CCN1c1ccc([C@H](C)O)nc1. The Labute approximate surface area is 117 Å². The molecule has 1 aliphatic rings. The van der Waals surface area contributed by atoms with Crippen LogP contribution in [0.15, 0.2) is 29.8 Å². The van der Waals surface area contributed by atoms with Crippen LogP contribution in [0.1, 0.15) is 42.1 Å². The van der Waals surface area contributed by atoms with E-state index in [4.69, 9.17) is 0 Å². The van der Waals surface area contributed by atoms with Crippen molar-refractivity contribution in [2.45, 2.75) is 32.4 Å². The highest BCUT2D eigenvalue weighted by molar-refractivity contribution is 7.10. The quantitative estimate of drug-likeness (QED) is 0.912. The Balaban J connectivity index is 1.87. The van der Waals surface area contributed by atoms with Gasteiger partial charge in [0.2, 0.25) is 0 Å². The van der Waals surface area contributed by atoms with Crippen molar-refractivity contribution >= 4 is 17.0 Å². The monoisotopic (exact) mass is 274 g/mol. The smallest absolute Gasteiger partial charge is 0.0931 e. The summed E-state index contributed by atoms with van der Waals surface area (Å²) in [6.45, 7) is 5.01. The van der Waals surface area contributed by atoms with Gasteiger partial charge >= 0.3 is 0 Å². The van der Waals surface area contributed by atoms with Crippen LogP contribution in [0.3, 0.4) is 0 Å². The van der Waals surface area contributed by atoms with Crippen molar-refractivity contribution in [1.29, 1.82) is 0 Å². The Bertz CT molecular complexity index is 562. The van der Waals surface area contributed by atoms with Gasteiger partial charge in [0, 0.05) is 11.4 Å². The van der Waals surface area contributed by atoms with Gasteiger partial charge in [0.15, 0.2) is 0 Å². The molecule has 1 N–H and O–H groups in total. The standard InChI is InChI=1S/C15H18N2OS/c1-10-13-6-8-19-15(13)5-7-17(10)12-3-4-14(11(2)18)16-9-12/h3-4,6,8-11,18H,5,7H2,1-2H3/t10?,11-/m0/s1. The van der Waals surface area contributed by atoms with Crippen molar-refractivity contribution in [3.63, 3.8) is 0 Å². The molecular formula is C15H18N2OS. The molecule has 2 aromatic rings. The molecule has 2 atom stereocenters. The van der Waals surface area contributed by atoms with Crippen LogP contribution in [0.2, 0.25) is 0 Å². The van der Waals surface area contributed by atoms with Crippen molar-refractivity contribution in [2.75, 3.05) is 11.4 Å². The number of hydrogen-bond donors (Lipinski definition) is 1. The minimum atomic E-state index is -0.503. The fraction of sp³-hybridized carbons (Fsp3) is 0.400. The molecule has 4 heteroatoms. The van der Waals surface area contributed by atoms with E-state index in [2.05, 4.69) is 34.3 Å². The summed E-state index contributed by atoms with van der Waals surface area (Å²) in [5.74, 6) is 0. The lowest BCUT2D eigenvalue weighted by Crippen LogP contribution is -2.33. The molecule has 0 fully saturated rings. The lowest BCUT2D eigenvalue weighted by Gasteiger charge is -2.35. The van der Waals surface area contributed by atoms with E-state index in [0.29, 0.717) is 6.04 Å². The molecule has 3 rings (SSSR count). The molecule has 1 aliphatic heterocycles. The lowest BCUT2D eigenvalue weighted by atomic mass is 10.0. The minimum absolute atomic E-state index is 0.397. The fourth-order valence-electron chi connectivity index (χ4n) is 2.68. The van der Waals surface area contributed by atoms with Crippen LogP contribution in [-0.2, 0) is 6.42 Å². The van der Waals surface area contributed by atoms with Crippen LogP contribution in [0.25, 0.3) is 0 Å². The van der Waals surface area contributed by atoms with Crippen molar-refractivity contribution in [3.05, 3.63) is 45.9 Å². The Morgan fingerprint density at radius 3 is 2.95 bits per heavy atom. The molecule has 2 aromatic heterocycles. The maximum Gasteiger partial charge on any atom is 0.0931 e. The maximum absolute atomic E-state index is 9.50. The second kappa shape index (κ2) is 4.94. The van der Waals surface area contributed by atoms with Gasteiger partial charge in [0.05, 0.1) is 29.7 Å². The third-order valence-corrected chi connectivity index (χ3v) is 4.80. The predicted molar refractivity (Wildman–Crippen MR) is 78.7 cm³/mol. The van der Waals surface area contributed by atoms with Gasteiger partial charge in [-0.25, -0.2) is 0 Å². The molecule has 3 nitrogen and oxygen atoms in total. The topological polar surface area (TPSA) is 36.4 Å². The molecule has 0 radical (unpaired) electrons. The predicted octanol–water partition coefficient (Wildman–Crippen LogP) is 3.32. The number of rotatable bonds is 2. The second-order valence-corrected chi connectivity index (χ2v) is 6.04. The number of aliphatic hydroxyl groups is 1. The zero-order chi connectivity index (χ0) is 13.4. The van der Waals surface area contributed by atoms with Crippen LogP contribution in [0.4, 0.5) is 5.69 Å². The summed E-state index contributed by atoms with van der Waals surface area (Å²) >= 11 is 1.86. The summed E-state index contributed by atoms with van der Waals surface area (Å²) in [4.78, 5) is 8.24. The van der Waals surface area contributed by atoms with Gasteiger partial charge in [-0.15, -0.1) is 11.3 Å². The van der Waals surface area contributed by atoms with Gasteiger partial charge < -0.3 is 10.0 Å². The van der Waals surface area contributed by atoms with E-state index < -0.39 is 6.10 Å². The van der Waals surface area contributed by atoms with E-state index >= 15 is 0 Å². The van der Waals surface area contributed by atoms with Gasteiger partial charge in [0.25, 0.3) is 0 Å². The van der Waals surface area contributed by atoms with Gasteiger partial charge in [-0.2, -0.15) is 0 Å². The molecule has 1 unspecified atom stereocenters.